The third-order valence-electron chi connectivity index (χ3n) is 3.05. The summed E-state index contributed by atoms with van der Waals surface area (Å²) < 4.78 is 0. The minimum Gasteiger partial charge on any atom is -0.394 e. The van der Waals surface area contributed by atoms with Gasteiger partial charge in [-0.3, -0.25) is 4.79 Å². The molecule has 2 unspecified atom stereocenters. The molecular formula is C10H20N2O2. The number of carbonyl (C=O) groups excluding carboxylic acids is 1. The Morgan fingerprint density at radius 1 is 1.64 bits per heavy atom. The van der Waals surface area contributed by atoms with Gasteiger partial charge in [0.25, 0.3) is 0 Å². The van der Waals surface area contributed by atoms with Gasteiger partial charge in [0.05, 0.1) is 18.6 Å². The number of aliphatic hydroxyl groups is 1. The van der Waals surface area contributed by atoms with Crippen LogP contribution in [0.5, 0.6) is 0 Å². The summed E-state index contributed by atoms with van der Waals surface area (Å²) in [5, 5.41) is 9.08. The maximum atomic E-state index is 11.9. The Kier molecular flexibility index (Phi) is 3.89. The van der Waals surface area contributed by atoms with Crippen molar-refractivity contribution in [1.29, 1.82) is 0 Å². The second-order valence-electron chi connectivity index (χ2n) is 4.16. The van der Waals surface area contributed by atoms with E-state index < -0.39 is 0 Å². The number of aliphatic hydroxyl groups excluding tert-OH is 1. The van der Waals surface area contributed by atoms with Crippen molar-refractivity contribution in [3.05, 3.63) is 0 Å². The van der Waals surface area contributed by atoms with Gasteiger partial charge in [0.15, 0.2) is 0 Å². The number of hydrogen-bond acceptors (Lipinski definition) is 3. The molecule has 82 valence electrons. The Morgan fingerprint density at radius 2 is 2.29 bits per heavy atom. The maximum Gasteiger partial charge on any atom is 0.227 e. The standard InChI is InChI=1S/C10H20N2O2/c1-7(8(2)11)10(14)12-5-3-4-9(12)6-13/h7-9,13H,3-6,11H2,1-2H3/t7?,8?,9-/m0/s1. The fraction of sp³-hybridized carbons (Fsp3) is 0.900. The van der Waals surface area contributed by atoms with Crippen molar-refractivity contribution in [2.75, 3.05) is 13.2 Å². The van der Waals surface area contributed by atoms with Gasteiger partial charge < -0.3 is 15.7 Å². The highest BCUT2D eigenvalue weighted by Crippen LogP contribution is 2.19. The number of rotatable bonds is 3. The van der Waals surface area contributed by atoms with Crippen molar-refractivity contribution < 1.29 is 9.90 Å². The molecule has 1 amide bonds. The van der Waals surface area contributed by atoms with Crippen molar-refractivity contribution >= 4 is 5.91 Å². The highest BCUT2D eigenvalue weighted by molar-refractivity contribution is 5.79. The Labute approximate surface area is 85.1 Å². The van der Waals surface area contributed by atoms with Crippen LogP contribution in [0.25, 0.3) is 0 Å². The predicted molar refractivity (Wildman–Crippen MR) is 54.6 cm³/mol. The maximum absolute atomic E-state index is 11.9. The molecule has 0 spiro atoms. The number of carbonyl (C=O) groups is 1. The molecule has 0 bridgehead atoms. The largest absolute Gasteiger partial charge is 0.394 e. The first-order valence-corrected chi connectivity index (χ1v) is 5.24. The van der Waals surface area contributed by atoms with Crippen molar-refractivity contribution in [1.82, 2.24) is 4.90 Å². The van der Waals surface area contributed by atoms with E-state index in [1.807, 2.05) is 13.8 Å². The number of hydrogen-bond donors (Lipinski definition) is 2. The highest BCUT2D eigenvalue weighted by atomic mass is 16.3. The van der Waals surface area contributed by atoms with E-state index in [1.165, 1.54) is 0 Å². The van der Waals surface area contributed by atoms with Gasteiger partial charge in [0.1, 0.15) is 0 Å². The van der Waals surface area contributed by atoms with Crippen LogP contribution >= 0.6 is 0 Å². The lowest BCUT2D eigenvalue weighted by Gasteiger charge is -2.27. The molecule has 0 radical (unpaired) electrons. The fourth-order valence-corrected chi connectivity index (χ4v) is 1.80. The van der Waals surface area contributed by atoms with Crippen LogP contribution in [0.1, 0.15) is 26.7 Å². The summed E-state index contributed by atoms with van der Waals surface area (Å²) >= 11 is 0. The summed E-state index contributed by atoms with van der Waals surface area (Å²) in [6.07, 6.45) is 1.90. The van der Waals surface area contributed by atoms with E-state index in [1.54, 1.807) is 4.90 Å². The molecule has 3 N–H and O–H groups in total. The molecule has 3 atom stereocenters. The Hall–Kier alpha value is -0.610. The molecule has 4 heteroatoms. The van der Waals surface area contributed by atoms with Gasteiger partial charge in [0.2, 0.25) is 5.91 Å². The molecule has 1 aliphatic rings. The quantitative estimate of drug-likeness (QED) is 0.671. The molecular weight excluding hydrogens is 180 g/mol. The number of amides is 1. The van der Waals surface area contributed by atoms with Crippen LogP contribution in [-0.4, -0.2) is 41.1 Å². The van der Waals surface area contributed by atoms with Crippen molar-refractivity contribution in [2.45, 2.75) is 38.8 Å². The molecule has 1 heterocycles. The molecule has 14 heavy (non-hydrogen) atoms. The van der Waals surface area contributed by atoms with E-state index in [2.05, 4.69) is 0 Å². The lowest BCUT2D eigenvalue weighted by Crippen LogP contribution is -2.45. The Bertz CT molecular complexity index is 206. The SMILES string of the molecule is CC(N)C(C)C(=O)N1CCC[C@H]1CO. The molecule has 1 aliphatic heterocycles. The summed E-state index contributed by atoms with van der Waals surface area (Å²) in [5.74, 6) is -0.0706. The fourth-order valence-electron chi connectivity index (χ4n) is 1.80. The number of nitrogens with two attached hydrogens (primary N) is 1. The van der Waals surface area contributed by atoms with E-state index in [0.29, 0.717) is 0 Å². The topological polar surface area (TPSA) is 66.6 Å². The Morgan fingerprint density at radius 3 is 2.79 bits per heavy atom. The van der Waals surface area contributed by atoms with Crippen LogP contribution in [0.4, 0.5) is 0 Å². The van der Waals surface area contributed by atoms with Crippen LogP contribution in [0.3, 0.4) is 0 Å². The van der Waals surface area contributed by atoms with Gasteiger partial charge in [0, 0.05) is 12.6 Å². The second kappa shape index (κ2) is 4.75. The third-order valence-corrected chi connectivity index (χ3v) is 3.05. The van der Waals surface area contributed by atoms with E-state index in [0.717, 1.165) is 19.4 Å². The van der Waals surface area contributed by atoms with Gasteiger partial charge in [-0.1, -0.05) is 6.92 Å². The number of likely N-dealkylation sites (tertiary alicyclic amines) is 1. The molecule has 0 aromatic heterocycles. The Balaban J connectivity index is 2.59. The van der Waals surface area contributed by atoms with E-state index >= 15 is 0 Å². The molecule has 0 aromatic carbocycles. The average Bonchev–Trinajstić information content (AvgIpc) is 2.62. The number of nitrogens with zero attached hydrogens (tertiary/aromatic N) is 1. The molecule has 0 aromatic rings. The summed E-state index contributed by atoms with van der Waals surface area (Å²) in [6, 6.07) is -0.105. The second-order valence-corrected chi connectivity index (χ2v) is 4.16. The van der Waals surface area contributed by atoms with E-state index in [9.17, 15) is 4.79 Å². The van der Waals surface area contributed by atoms with Gasteiger partial charge in [-0.2, -0.15) is 0 Å². The molecule has 1 fully saturated rings. The molecule has 4 nitrogen and oxygen atoms in total. The summed E-state index contributed by atoms with van der Waals surface area (Å²) in [4.78, 5) is 13.7. The lowest BCUT2D eigenvalue weighted by molar-refractivity contribution is -0.137. The highest BCUT2D eigenvalue weighted by Gasteiger charge is 2.31. The monoisotopic (exact) mass is 200 g/mol. The first kappa shape index (κ1) is 11.5. The van der Waals surface area contributed by atoms with Gasteiger partial charge in [-0.05, 0) is 19.8 Å². The predicted octanol–water partition coefficient (Wildman–Crippen LogP) is -0.0470. The summed E-state index contributed by atoms with van der Waals surface area (Å²) in [7, 11) is 0. The van der Waals surface area contributed by atoms with Crippen LogP contribution in [-0.2, 0) is 4.79 Å². The third kappa shape index (κ3) is 2.25. The minimum absolute atomic E-state index is 0.0173. The average molecular weight is 200 g/mol. The summed E-state index contributed by atoms with van der Waals surface area (Å²) in [6.45, 7) is 4.52. The summed E-state index contributed by atoms with van der Waals surface area (Å²) in [5.41, 5.74) is 5.68. The molecule has 1 rings (SSSR count). The van der Waals surface area contributed by atoms with Crippen LogP contribution in [0.15, 0.2) is 0 Å². The smallest absolute Gasteiger partial charge is 0.227 e. The first-order chi connectivity index (χ1) is 6.57. The van der Waals surface area contributed by atoms with Crippen molar-refractivity contribution in [3.8, 4) is 0 Å². The zero-order valence-electron chi connectivity index (χ0n) is 8.94. The van der Waals surface area contributed by atoms with Gasteiger partial charge in [-0.25, -0.2) is 0 Å². The van der Waals surface area contributed by atoms with Gasteiger partial charge >= 0.3 is 0 Å². The molecule has 1 saturated heterocycles. The zero-order valence-corrected chi connectivity index (χ0v) is 8.94. The van der Waals surface area contributed by atoms with E-state index in [4.69, 9.17) is 10.8 Å². The zero-order chi connectivity index (χ0) is 10.7. The van der Waals surface area contributed by atoms with Crippen molar-refractivity contribution in [3.63, 3.8) is 0 Å². The minimum atomic E-state index is -0.151. The first-order valence-electron chi connectivity index (χ1n) is 5.24. The molecule has 0 aliphatic carbocycles. The van der Waals surface area contributed by atoms with Gasteiger partial charge in [-0.15, -0.1) is 0 Å². The normalized spacial score (nSPS) is 26.3. The van der Waals surface area contributed by atoms with Crippen molar-refractivity contribution in [2.24, 2.45) is 11.7 Å². The molecule has 0 saturated carbocycles. The lowest BCUT2D eigenvalue weighted by atomic mass is 10.0. The van der Waals surface area contributed by atoms with Crippen LogP contribution in [0.2, 0.25) is 0 Å². The van der Waals surface area contributed by atoms with E-state index in [-0.39, 0.29) is 30.5 Å². The van der Waals surface area contributed by atoms with Crippen LogP contribution in [0, 0.1) is 5.92 Å². The van der Waals surface area contributed by atoms with Crippen LogP contribution < -0.4 is 5.73 Å².